The van der Waals surface area contributed by atoms with Crippen molar-refractivity contribution in [1.29, 1.82) is 0 Å². The van der Waals surface area contributed by atoms with Gasteiger partial charge in [-0.3, -0.25) is 25.2 Å². The van der Waals surface area contributed by atoms with Crippen LogP contribution in [0.25, 0.3) is 0 Å². The first-order valence-electron chi connectivity index (χ1n) is 7.53. The summed E-state index contributed by atoms with van der Waals surface area (Å²) < 4.78 is 0. The molecule has 1 aliphatic heterocycles. The number of carbonyl (C=O) groups is 3. The first-order valence-corrected chi connectivity index (χ1v) is 7.53. The summed E-state index contributed by atoms with van der Waals surface area (Å²) >= 11 is 0. The number of carbonyl (C=O) groups excluding carboxylic acids is 3. The number of amides is 3. The fourth-order valence-electron chi connectivity index (χ4n) is 2.62. The Kier molecular flexibility index (Phi) is 3.63. The van der Waals surface area contributed by atoms with Crippen LogP contribution < -0.4 is 10.9 Å². The van der Waals surface area contributed by atoms with Crippen LogP contribution in [-0.4, -0.2) is 35.7 Å². The van der Waals surface area contributed by atoms with Crippen molar-refractivity contribution in [3.63, 3.8) is 0 Å². The highest BCUT2D eigenvalue weighted by Gasteiger charge is 2.36. The van der Waals surface area contributed by atoms with Crippen molar-refractivity contribution in [3.8, 4) is 0 Å². The minimum absolute atomic E-state index is 0.0836. The Bertz CT molecular complexity index is 421. The van der Waals surface area contributed by atoms with Crippen LogP contribution >= 0.6 is 0 Å². The largest absolute Gasteiger partial charge is 0.342 e. The summed E-state index contributed by atoms with van der Waals surface area (Å²) in [4.78, 5) is 37.2. The molecule has 2 aliphatic carbocycles. The molecule has 3 amide bonds. The van der Waals surface area contributed by atoms with Crippen LogP contribution in [0.2, 0.25) is 0 Å². The van der Waals surface area contributed by atoms with E-state index >= 15 is 0 Å². The molecule has 0 bridgehead atoms. The van der Waals surface area contributed by atoms with Crippen LogP contribution in [0.3, 0.4) is 0 Å². The van der Waals surface area contributed by atoms with Crippen molar-refractivity contribution >= 4 is 17.7 Å². The Hall–Kier alpha value is -1.59. The quantitative estimate of drug-likeness (QED) is 0.724. The minimum atomic E-state index is -0.127. The van der Waals surface area contributed by atoms with Gasteiger partial charge in [-0.25, -0.2) is 0 Å². The smallest absolute Gasteiger partial charge is 0.241 e. The third kappa shape index (κ3) is 3.11. The summed E-state index contributed by atoms with van der Waals surface area (Å²) in [5.41, 5.74) is 5.00. The van der Waals surface area contributed by atoms with Gasteiger partial charge in [0.05, 0.1) is 0 Å². The van der Waals surface area contributed by atoms with E-state index in [0.717, 1.165) is 25.7 Å². The van der Waals surface area contributed by atoms with Crippen molar-refractivity contribution in [1.82, 2.24) is 15.8 Å². The number of nitrogens with one attached hydrogen (secondary N) is 2. The third-order valence-corrected chi connectivity index (χ3v) is 4.36. The average Bonchev–Trinajstić information content (AvgIpc) is 3.34. The van der Waals surface area contributed by atoms with Gasteiger partial charge in [0.2, 0.25) is 17.7 Å². The van der Waals surface area contributed by atoms with Crippen molar-refractivity contribution in [2.45, 2.75) is 38.5 Å². The maximum absolute atomic E-state index is 11.9. The molecular weight excluding hydrogens is 258 g/mol. The van der Waals surface area contributed by atoms with Gasteiger partial charge in [0.15, 0.2) is 0 Å². The van der Waals surface area contributed by atoms with E-state index in [-0.39, 0.29) is 35.5 Å². The molecule has 0 aromatic rings. The van der Waals surface area contributed by atoms with E-state index in [2.05, 4.69) is 10.9 Å². The van der Waals surface area contributed by atoms with Crippen molar-refractivity contribution in [2.75, 3.05) is 13.1 Å². The van der Waals surface area contributed by atoms with Gasteiger partial charge in [-0.1, -0.05) is 0 Å². The zero-order valence-corrected chi connectivity index (χ0v) is 11.6. The molecule has 1 heterocycles. The van der Waals surface area contributed by atoms with E-state index in [4.69, 9.17) is 0 Å². The zero-order chi connectivity index (χ0) is 14.1. The highest BCUT2D eigenvalue weighted by atomic mass is 16.2. The minimum Gasteiger partial charge on any atom is -0.342 e. The Morgan fingerprint density at radius 2 is 1.15 bits per heavy atom. The van der Waals surface area contributed by atoms with Gasteiger partial charge in [0, 0.05) is 30.8 Å². The number of nitrogens with zero attached hydrogens (tertiary/aromatic N) is 1. The molecule has 0 atom stereocenters. The second-order valence-electron chi connectivity index (χ2n) is 6.13. The second kappa shape index (κ2) is 5.42. The topological polar surface area (TPSA) is 78.5 Å². The molecule has 0 spiro atoms. The first kappa shape index (κ1) is 13.4. The van der Waals surface area contributed by atoms with Crippen LogP contribution in [0.1, 0.15) is 38.5 Å². The Morgan fingerprint density at radius 3 is 1.60 bits per heavy atom. The summed E-state index contributed by atoms with van der Waals surface area (Å²) in [6.45, 7) is 1.31. The predicted octanol–water partition coefficient (Wildman–Crippen LogP) is 0.192. The summed E-state index contributed by atoms with van der Waals surface area (Å²) in [7, 11) is 0. The van der Waals surface area contributed by atoms with Gasteiger partial charge in [0.25, 0.3) is 0 Å². The highest BCUT2D eigenvalue weighted by Crippen LogP contribution is 2.32. The molecule has 0 aromatic carbocycles. The lowest BCUT2D eigenvalue weighted by Crippen LogP contribution is -2.48. The van der Waals surface area contributed by atoms with E-state index < -0.39 is 0 Å². The number of hydrogen-bond donors (Lipinski definition) is 2. The maximum Gasteiger partial charge on any atom is 0.241 e. The molecule has 6 nitrogen and oxygen atoms in total. The van der Waals surface area contributed by atoms with E-state index in [0.29, 0.717) is 25.9 Å². The molecule has 0 radical (unpaired) electrons. The van der Waals surface area contributed by atoms with Gasteiger partial charge in [-0.2, -0.15) is 0 Å². The Balaban J connectivity index is 1.39. The monoisotopic (exact) mass is 279 g/mol. The number of likely N-dealkylation sites (tertiary alicyclic amines) is 1. The van der Waals surface area contributed by atoms with Crippen LogP contribution in [0.5, 0.6) is 0 Å². The SMILES string of the molecule is O=C(NNC(=O)C1CCN(C(=O)C2CC2)CC1)C1CC1. The van der Waals surface area contributed by atoms with Crippen LogP contribution in [0.4, 0.5) is 0 Å². The average molecular weight is 279 g/mol. The molecule has 3 aliphatic rings. The maximum atomic E-state index is 11.9. The molecule has 110 valence electrons. The normalized spacial score (nSPS) is 23.3. The Morgan fingerprint density at radius 1 is 0.700 bits per heavy atom. The number of rotatable bonds is 3. The lowest BCUT2D eigenvalue weighted by molar-refractivity contribution is -0.137. The van der Waals surface area contributed by atoms with Crippen LogP contribution in [0, 0.1) is 17.8 Å². The van der Waals surface area contributed by atoms with E-state index in [9.17, 15) is 14.4 Å². The number of hydrogen-bond acceptors (Lipinski definition) is 3. The molecule has 3 fully saturated rings. The molecule has 0 unspecified atom stereocenters. The molecule has 2 N–H and O–H groups in total. The predicted molar refractivity (Wildman–Crippen MR) is 71.0 cm³/mol. The van der Waals surface area contributed by atoms with Gasteiger partial charge >= 0.3 is 0 Å². The van der Waals surface area contributed by atoms with Crippen LogP contribution in [0.15, 0.2) is 0 Å². The standard InChI is InChI=1S/C14H21N3O3/c18-12(9-1-2-9)15-16-13(19)10-5-7-17(8-6-10)14(20)11-3-4-11/h9-11H,1-8H2,(H,15,18)(H,16,19). The van der Waals surface area contributed by atoms with Gasteiger partial charge in [-0.15, -0.1) is 0 Å². The van der Waals surface area contributed by atoms with Crippen molar-refractivity contribution < 1.29 is 14.4 Å². The van der Waals surface area contributed by atoms with Gasteiger partial charge in [0.1, 0.15) is 0 Å². The molecule has 1 saturated heterocycles. The summed E-state index contributed by atoms with van der Waals surface area (Å²) in [5, 5.41) is 0. The molecule has 0 aromatic heterocycles. The molecular formula is C14H21N3O3. The summed E-state index contributed by atoms with van der Waals surface area (Å²) in [6, 6.07) is 0. The first-order chi connectivity index (χ1) is 9.65. The fraction of sp³-hybridized carbons (Fsp3) is 0.786. The third-order valence-electron chi connectivity index (χ3n) is 4.36. The fourth-order valence-corrected chi connectivity index (χ4v) is 2.62. The molecule has 6 heteroatoms. The van der Waals surface area contributed by atoms with Crippen molar-refractivity contribution in [3.05, 3.63) is 0 Å². The Labute approximate surface area is 118 Å². The van der Waals surface area contributed by atoms with E-state index in [1.165, 1.54) is 0 Å². The van der Waals surface area contributed by atoms with Crippen molar-refractivity contribution in [2.24, 2.45) is 17.8 Å². The summed E-state index contributed by atoms with van der Waals surface area (Å²) in [5.74, 6) is 0.285. The van der Waals surface area contributed by atoms with E-state index in [1.807, 2.05) is 4.90 Å². The lowest BCUT2D eigenvalue weighted by atomic mass is 9.96. The molecule has 2 saturated carbocycles. The summed E-state index contributed by atoms with van der Waals surface area (Å²) in [6.07, 6.45) is 5.25. The van der Waals surface area contributed by atoms with E-state index in [1.54, 1.807) is 0 Å². The zero-order valence-electron chi connectivity index (χ0n) is 11.6. The lowest BCUT2D eigenvalue weighted by Gasteiger charge is -2.31. The number of hydrazine groups is 1. The highest BCUT2D eigenvalue weighted by molar-refractivity contribution is 5.86. The van der Waals surface area contributed by atoms with Gasteiger partial charge in [-0.05, 0) is 38.5 Å². The molecule has 3 rings (SSSR count). The molecule has 20 heavy (non-hydrogen) atoms. The second-order valence-corrected chi connectivity index (χ2v) is 6.13. The van der Waals surface area contributed by atoms with Gasteiger partial charge < -0.3 is 4.90 Å². The van der Waals surface area contributed by atoms with Crippen LogP contribution in [-0.2, 0) is 14.4 Å². The number of piperidine rings is 1.